The first-order chi connectivity index (χ1) is 11.2. The van der Waals surface area contributed by atoms with Crippen LogP contribution in [0.15, 0.2) is 70.4 Å². The van der Waals surface area contributed by atoms with Crippen molar-refractivity contribution in [3.8, 4) is 22.9 Å². The molecule has 0 amide bonds. The predicted octanol–water partition coefficient (Wildman–Crippen LogP) is 2.33. The van der Waals surface area contributed by atoms with Gasteiger partial charge < -0.3 is 9.47 Å². The van der Waals surface area contributed by atoms with Crippen molar-refractivity contribution in [1.29, 1.82) is 0 Å². The number of H-pyrrole nitrogens is 1. The molecule has 6 nitrogen and oxygen atoms in total. The van der Waals surface area contributed by atoms with Gasteiger partial charge >= 0.3 is 5.69 Å². The summed E-state index contributed by atoms with van der Waals surface area (Å²) in [5, 5.41) is 0. The van der Waals surface area contributed by atoms with E-state index in [2.05, 4.69) is 4.98 Å². The first-order valence-electron chi connectivity index (χ1n) is 6.90. The highest BCUT2D eigenvalue weighted by Crippen LogP contribution is 2.25. The van der Waals surface area contributed by atoms with Crippen LogP contribution < -0.4 is 20.7 Å². The Morgan fingerprint density at radius 2 is 1.65 bits per heavy atom. The Labute approximate surface area is 131 Å². The number of methoxy groups -OCH3 is 1. The Balaban J connectivity index is 1.84. The van der Waals surface area contributed by atoms with Crippen molar-refractivity contribution in [2.75, 3.05) is 7.11 Å². The molecule has 116 valence electrons. The number of ether oxygens (including phenoxy) is 2. The van der Waals surface area contributed by atoms with Crippen molar-refractivity contribution >= 4 is 0 Å². The lowest BCUT2D eigenvalue weighted by Crippen LogP contribution is -2.27. The lowest BCUT2D eigenvalue weighted by Gasteiger charge is -2.09. The Bertz CT molecular complexity index is 926. The maximum Gasteiger partial charge on any atom is 0.332 e. The van der Waals surface area contributed by atoms with Gasteiger partial charge in [0, 0.05) is 18.3 Å². The second-order valence-corrected chi connectivity index (χ2v) is 4.76. The van der Waals surface area contributed by atoms with Crippen LogP contribution in [0.25, 0.3) is 5.69 Å². The Hall–Kier alpha value is -3.28. The molecule has 0 atom stereocenters. The summed E-state index contributed by atoms with van der Waals surface area (Å²) in [4.78, 5) is 25.0. The standard InChI is InChI=1S/C17H14N2O4/c1-22-14-3-2-4-15(11-14)23-13-7-5-12(6-8-13)19-10-9-16(20)18-17(19)21/h2-11H,1H3,(H,18,20,21). The Kier molecular flexibility index (Phi) is 3.97. The highest BCUT2D eigenvalue weighted by atomic mass is 16.5. The molecule has 0 saturated heterocycles. The zero-order valence-electron chi connectivity index (χ0n) is 12.4. The molecule has 23 heavy (non-hydrogen) atoms. The second-order valence-electron chi connectivity index (χ2n) is 4.76. The highest BCUT2D eigenvalue weighted by Gasteiger charge is 2.02. The molecule has 3 aromatic rings. The molecular weight excluding hydrogens is 296 g/mol. The largest absolute Gasteiger partial charge is 0.497 e. The van der Waals surface area contributed by atoms with E-state index in [0.717, 1.165) is 0 Å². The number of benzene rings is 2. The van der Waals surface area contributed by atoms with Crippen molar-refractivity contribution in [3.05, 3.63) is 81.6 Å². The van der Waals surface area contributed by atoms with E-state index in [1.807, 2.05) is 18.2 Å². The summed E-state index contributed by atoms with van der Waals surface area (Å²) in [6.45, 7) is 0. The number of rotatable bonds is 4. The van der Waals surface area contributed by atoms with Gasteiger partial charge in [0.2, 0.25) is 0 Å². The molecule has 0 aliphatic rings. The van der Waals surface area contributed by atoms with E-state index in [1.54, 1.807) is 37.4 Å². The first-order valence-corrected chi connectivity index (χ1v) is 6.90. The zero-order valence-corrected chi connectivity index (χ0v) is 12.4. The van der Waals surface area contributed by atoms with Crippen LogP contribution in [0.4, 0.5) is 0 Å². The van der Waals surface area contributed by atoms with Crippen LogP contribution in [0.2, 0.25) is 0 Å². The van der Waals surface area contributed by atoms with E-state index in [9.17, 15) is 9.59 Å². The van der Waals surface area contributed by atoms with Crippen molar-refractivity contribution < 1.29 is 9.47 Å². The number of hydrogen-bond acceptors (Lipinski definition) is 4. The maximum absolute atomic E-state index is 11.7. The Morgan fingerprint density at radius 3 is 2.35 bits per heavy atom. The molecule has 6 heteroatoms. The van der Waals surface area contributed by atoms with E-state index in [-0.39, 0.29) is 0 Å². The van der Waals surface area contributed by atoms with Crippen LogP contribution >= 0.6 is 0 Å². The third-order valence-corrected chi connectivity index (χ3v) is 3.22. The van der Waals surface area contributed by atoms with Gasteiger partial charge in [-0.2, -0.15) is 0 Å². The number of nitrogens with one attached hydrogen (secondary N) is 1. The molecule has 0 bridgehead atoms. The highest BCUT2D eigenvalue weighted by molar-refractivity contribution is 5.41. The topological polar surface area (TPSA) is 73.3 Å². The Morgan fingerprint density at radius 1 is 0.913 bits per heavy atom. The third-order valence-electron chi connectivity index (χ3n) is 3.22. The van der Waals surface area contributed by atoms with Gasteiger partial charge in [0.25, 0.3) is 5.56 Å². The van der Waals surface area contributed by atoms with Crippen LogP contribution in [0.3, 0.4) is 0 Å². The number of hydrogen-bond donors (Lipinski definition) is 1. The number of nitrogens with zero attached hydrogens (tertiary/aromatic N) is 1. The summed E-state index contributed by atoms with van der Waals surface area (Å²) in [6.07, 6.45) is 1.43. The van der Waals surface area contributed by atoms with E-state index >= 15 is 0 Å². The molecule has 1 N–H and O–H groups in total. The molecule has 0 unspecified atom stereocenters. The fourth-order valence-corrected chi connectivity index (χ4v) is 2.10. The average Bonchev–Trinajstić information content (AvgIpc) is 2.56. The molecular formula is C17H14N2O4. The van der Waals surface area contributed by atoms with Crippen LogP contribution in [0, 0.1) is 0 Å². The SMILES string of the molecule is COc1cccc(Oc2ccc(-n3ccc(=O)[nH]c3=O)cc2)c1. The van der Waals surface area contributed by atoms with Gasteiger partial charge in [0.1, 0.15) is 17.2 Å². The molecule has 0 aliphatic heterocycles. The van der Waals surface area contributed by atoms with Gasteiger partial charge in [-0.15, -0.1) is 0 Å². The van der Waals surface area contributed by atoms with E-state index < -0.39 is 11.2 Å². The minimum absolute atomic E-state index is 0.427. The predicted molar refractivity (Wildman–Crippen MR) is 85.7 cm³/mol. The summed E-state index contributed by atoms with van der Waals surface area (Å²) in [7, 11) is 1.59. The minimum atomic E-state index is -0.487. The molecule has 0 saturated carbocycles. The van der Waals surface area contributed by atoms with Gasteiger partial charge in [-0.05, 0) is 36.4 Å². The zero-order chi connectivity index (χ0) is 16.2. The minimum Gasteiger partial charge on any atom is -0.497 e. The summed E-state index contributed by atoms with van der Waals surface area (Å²) >= 11 is 0. The van der Waals surface area contributed by atoms with E-state index in [0.29, 0.717) is 22.9 Å². The smallest absolute Gasteiger partial charge is 0.332 e. The normalized spacial score (nSPS) is 10.3. The third kappa shape index (κ3) is 3.32. The molecule has 2 aromatic carbocycles. The van der Waals surface area contributed by atoms with Gasteiger partial charge in [-0.1, -0.05) is 6.07 Å². The van der Waals surface area contributed by atoms with Gasteiger partial charge in [0.15, 0.2) is 0 Å². The van der Waals surface area contributed by atoms with Crippen LogP contribution in [0.5, 0.6) is 17.2 Å². The van der Waals surface area contributed by atoms with Gasteiger partial charge in [-0.25, -0.2) is 4.79 Å². The molecule has 0 aliphatic carbocycles. The van der Waals surface area contributed by atoms with Crippen LogP contribution in [-0.2, 0) is 0 Å². The van der Waals surface area contributed by atoms with E-state index in [1.165, 1.54) is 16.8 Å². The molecule has 3 rings (SSSR count). The maximum atomic E-state index is 11.7. The summed E-state index contributed by atoms with van der Waals surface area (Å²) < 4.78 is 12.2. The molecule has 0 radical (unpaired) electrons. The number of aromatic amines is 1. The summed E-state index contributed by atoms with van der Waals surface area (Å²) in [5.74, 6) is 1.98. The quantitative estimate of drug-likeness (QED) is 0.802. The van der Waals surface area contributed by atoms with Crippen molar-refractivity contribution in [2.24, 2.45) is 0 Å². The summed E-state index contributed by atoms with van der Waals surface area (Å²) in [5.41, 5.74) is -0.285. The molecule has 0 fully saturated rings. The van der Waals surface area contributed by atoms with Crippen LogP contribution in [0.1, 0.15) is 0 Å². The lowest BCUT2D eigenvalue weighted by atomic mass is 10.3. The van der Waals surface area contributed by atoms with E-state index in [4.69, 9.17) is 9.47 Å². The summed E-state index contributed by atoms with van der Waals surface area (Å²) in [6, 6.07) is 15.5. The van der Waals surface area contributed by atoms with Gasteiger partial charge in [-0.3, -0.25) is 14.3 Å². The monoisotopic (exact) mass is 310 g/mol. The van der Waals surface area contributed by atoms with Crippen molar-refractivity contribution in [3.63, 3.8) is 0 Å². The second kappa shape index (κ2) is 6.23. The number of aromatic nitrogens is 2. The fourth-order valence-electron chi connectivity index (χ4n) is 2.10. The molecule has 1 heterocycles. The lowest BCUT2D eigenvalue weighted by molar-refractivity contribution is 0.409. The van der Waals surface area contributed by atoms with Crippen LogP contribution in [-0.4, -0.2) is 16.7 Å². The fraction of sp³-hybridized carbons (Fsp3) is 0.0588. The first kappa shape index (κ1) is 14.6. The van der Waals surface area contributed by atoms with Crippen molar-refractivity contribution in [1.82, 2.24) is 9.55 Å². The molecule has 0 spiro atoms. The molecule has 1 aromatic heterocycles. The average molecular weight is 310 g/mol. The van der Waals surface area contributed by atoms with Crippen molar-refractivity contribution in [2.45, 2.75) is 0 Å². The van der Waals surface area contributed by atoms with Gasteiger partial charge in [0.05, 0.1) is 12.8 Å².